The van der Waals surface area contributed by atoms with Gasteiger partial charge < -0.3 is 4.57 Å². The van der Waals surface area contributed by atoms with Crippen molar-refractivity contribution in [2.24, 2.45) is 21.1 Å². The number of rotatable bonds is 3. The van der Waals surface area contributed by atoms with Crippen LogP contribution in [0.4, 0.5) is 5.69 Å². The molecule has 0 saturated carbocycles. The fraction of sp³-hybridized carbons (Fsp3) is 0.417. The largest absolute Gasteiger partial charge is 0.330 e. The zero-order valence-electron chi connectivity index (χ0n) is 12.9. The summed E-state index contributed by atoms with van der Waals surface area (Å²) in [4.78, 5) is 23.2. The van der Waals surface area contributed by atoms with Gasteiger partial charge >= 0.3 is 5.69 Å². The lowest BCUT2D eigenvalue weighted by molar-refractivity contribution is 0.589. The zero-order chi connectivity index (χ0) is 16.8. The van der Waals surface area contributed by atoms with E-state index in [1.807, 2.05) is 0 Å². The molecule has 0 amide bonds. The summed E-state index contributed by atoms with van der Waals surface area (Å²) in [7, 11) is 0.155. The molecule has 0 fully saturated rings. The van der Waals surface area contributed by atoms with Crippen molar-refractivity contribution in [3.63, 3.8) is 0 Å². The summed E-state index contributed by atoms with van der Waals surface area (Å²) < 4.78 is 30.6. The minimum Gasteiger partial charge on any atom is -0.302 e. The summed E-state index contributed by atoms with van der Waals surface area (Å²) in [6.45, 7) is 3.36. The SMILES string of the molecule is Cc1nn(C)c(C)c1NS(=O)(=O)c1cn(C)c(=O)n(C)c1=O. The topological polar surface area (TPSA) is 108 Å². The van der Waals surface area contributed by atoms with Crippen LogP contribution in [-0.2, 0) is 31.2 Å². The van der Waals surface area contributed by atoms with Crippen LogP contribution in [0.25, 0.3) is 0 Å². The van der Waals surface area contributed by atoms with Crippen molar-refractivity contribution in [1.29, 1.82) is 0 Å². The van der Waals surface area contributed by atoms with Gasteiger partial charge in [0.1, 0.15) is 0 Å². The van der Waals surface area contributed by atoms with E-state index in [0.29, 0.717) is 17.1 Å². The highest BCUT2D eigenvalue weighted by Crippen LogP contribution is 2.21. The third-order valence-electron chi connectivity index (χ3n) is 3.45. The van der Waals surface area contributed by atoms with E-state index in [4.69, 9.17) is 0 Å². The van der Waals surface area contributed by atoms with Crippen LogP contribution in [0, 0.1) is 13.8 Å². The Kier molecular flexibility index (Phi) is 3.73. The van der Waals surface area contributed by atoms with Crippen LogP contribution in [0.2, 0.25) is 0 Å². The van der Waals surface area contributed by atoms with Gasteiger partial charge in [0.05, 0.1) is 17.1 Å². The molecule has 9 nitrogen and oxygen atoms in total. The van der Waals surface area contributed by atoms with Crippen molar-refractivity contribution in [2.45, 2.75) is 18.7 Å². The van der Waals surface area contributed by atoms with Gasteiger partial charge in [-0.3, -0.25) is 18.8 Å². The average molecular weight is 327 g/mol. The maximum Gasteiger partial charge on any atom is 0.330 e. The van der Waals surface area contributed by atoms with E-state index >= 15 is 0 Å². The van der Waals surface area contributed by atoms with Crippen molar-refractivity contribution >= 4 is 15.7 Å². The lowest BCUT2D eigenvalue weighted by Crippen LogP contribution is -2.40. The van der Waals surface area contributed by atoms with E-state index in [2.05, 4.69) is 9.82 Å². The number of nitrogens with zero attached hydrogens (tertiary/aromatic N) is 4. The van der Waals surface area contributed by atoms with Gasteiger partial charge in [-0.15, -0.1) is 0 Å². The van der Waals surface area contributed by atoms with Crippen LogP contribution in [0.3, 0.4) is 0 Å². The molecule has 10 heteroatoms. The van der Waals surface area contributed by atoms with Crippen LogP contribution >= 0.6 is 0 Å². The molecule has 0 aliphatic rings. The summed E-state index contributed by atoms with van der Waals surface area (Å²) in [6, 6.07) is 0. The van der Waals surface area contributed by atoms with Crippen molar-refractivity contribution in [1.82, 2.24) is 18.9 Å². The summed E-state index contributed by atoms with van der Waals surface area (Å²) in [5, 5.41) is 4.11. The van der Waals surface area contributed by atoms with E-state index in [0.717, 1.165) is 15.3 Å². The fourth-order valence-corrected chi connectivity index (χ4v) is 3.41. The van der Waals surface area contributed by atoms with Gasteiger partial charge in [-0.1, -0.05) is 0 Å². The first kappa shape index (κ1) is 16.0. The third-order valence-corrected chi connectivity index (χ3v) is 4.78. The molecule has 0 unspecified atom stereocenters. The molecular formula is C12H17N5O4S. The monoisotopic (exact) mass is 327 g/mol. The summed E-state index contributed by atoms with van der Waals surface area (Å²) in [5.74, 6) is 0. The molecule has 22 heavy (non-hydrogen) atoms. The van der Waals surface area contributed by atoms with Crippen LogP contribution in [-0.4, -0.2) is 27.3 Å². The van der Waals surface area contributed by atoms with E-state index in [9.17, 15) is 18.0 Å². The van der Waals surface area contributed by atoms with Gasteiger partial charge in [0.15, 0.2) is 4.90 Å². The highest BCUT2D eigenvalue weighted by atomic mass is 32.2. The fourth-order valence-electron chi connectivity index (χ4n) is 2.07. The van der Waals surface area contributed by atoms with E-state index in [-0.39, 0.29) is 0 Å². The first-order valence-corrected chi connectivity index (χ1v) is 7.84. The number of sulfonamides is 1. The number of aryl methyl sites for hydroxylation is 3. The average Bonchev–Trinajstić information content (AvgIpc) is 2.66. The molecule has 0 aliphatic carbocycles. The molecule has 2 heterocycles. The molecule has 0 aromatic carbocycles. The Balaban J connectivity index is 2.62. The highest BCUT2D eigenvalue weighted by molar-refractivity contribution is 7.92. The summed E-state index contributed by atoms with van der Waals surface area (Å²) in [6.07, 6.45) is 1.01. The third kappa shape index (κ3) is 2.45. The normalized spacial score (nSPS) is 11.7. The van der Waals surface area contributed by atoms with Gasteiger partial charge in [0.25, 0.3) is 15.6 Å². The Morgan fingerprint density at radius 1 is 1.14 bits per heavy atom. The van der Waals surface area contributed by atoms with Gasteiger partial charge in [0.2, 0.25) is 0 Å². The molecule has 2 aromatic heterocycles. The first-order valence-electron chi connectivity index (χ1n) is 6.36. The molecule has 0 bridgehead atoms. The Bertz CT molecular complexity index is 965. The van der Waals surface area contributed by atoms with Crippen LogP contribution in [0.1, 0.15) is 11.4 Å². The molecule has 0 aliphatic heterocycles. The lowest BCUT2D eigenvalue weighted by atomic mass is 10.3. The number of aromatic nitrogens is 4. The van der Waals surface area contributed by atoms with Gasteiger partial charge in [-0.2, -0.15) is 5.10 Å². The molecule has 2 rings (SSSR count). The van der Waals surface area contributed by atoms with Gasteiger partial charge in [-0.05, 0) is 13.8 Å². The van der Waals surface area contributed by atoms with Crippen LogP contribution in [0.15, 0.2) is 20.7 Å². The molecule has 0 atom stereocenters. The van der Waals surface area contributed by atoms with Crippen molar-refractivity contribution in [2.75, 3.05) is 4.72 Å². The first-order chi connectivity index (χ1) is 10.1. The van der Waals surface area contributed by atoms with E-state index in [1.54, 1.807) is 20.9 Å². The Labute approximate surface area is 126 Å². The molecule has 0 spiro atoms. The number of nitrogens with one attached hydrogen (secondary N) is 1. The lowest BCUT2D eigenvalue weighted by Gasteiger charge is -2.10. The smallest absolute Gasteiger partial charge is 0.302 e. The minimum atomic E-state index is -4.13. The second-order valence-electron chi connectivity index (χ2n) is 5.03. The van der Waals surface area contributed by atoms with Crippen LogP contribution < -0.4 is 16.0 Å². The highest BCUT2D eigenvalue weighted by Gasteiger charge is 2.24. The molecule has 120 valence electrons. The van der Waals surface area contributed by atoms with Crippen LogP contribution in [0.5, 0.6) is 0 Å². The Morgan fingerprint density at radius 3 is 2.23 bits per heavy atom. The maximum absolute atomic E-state index is 12.5. The second kappa shape index (κ2) is 5.13. The molecule has 0 saturated heterocycles. The molecule has 0 radical (unpaired) electrons. The predicted molar refractivity (Wildman–Crippen MR) is 80.4 cm³/mol. The van der Waals surface area contributed by atoms with Crippen molar-refractivity contribution in [3.8, 4) is 0 Å². The maximum atomic E-state index is 12.5. The Morgan fingerprint density at radius 2 is 1.73 bits per heavy atom. The van der Waals surface area contributed by atoms with Crippen molar-refractivity contribution < 1.29 is 8.42 Å². The van der Waals surface area contributed by atoms with Gasteiger partial charge in [-0.25, -0.2) is 13.2 Å². The van der Waals surface area contributed by atoms with E-state index < -0.39 is 26.2 Å². The molecule has 1 N–H and O–H groups in total. The van der Waals surface area contributed by atoms with E-state index in [1.165, 1.54) is 18.8 Å². The van der Waals surface area contributed by atoms with Gasteiger partial charge in [0, 0.05) is 27.3 Å². The Hall–Kier alpha value is -2.36. The quantitative estimate of drug-likeness (QED) is 0.797. The number of anilines is 1. The number of hydrogen-bond acceptors (Lipinski definition) is 5. The summed E-state index contributed by atoms with van der Waals surface area (Å²) >= 11 is 0. The second-order valence-corrected chi connectivity index (χ2v) is 6.68. The summed E-state index contributed by atoms with van der Waals surface area (Å²) in [5.41, 5.74) is -0.0566. The van der Waals surface area contributed by atoms with Crippen molar-refractivity contribution in [3.05, 3.63) is 38.4 Å². The zero-order valence-corrected chi connectivity index (χ0v) is 13.7. The molecular weight excluding hydrogens is 310 g/mol. The minimum absolute atomic E-state index is 0.318. The predicted octanol–water partition coefficient (Wildman–Crippen LogP) is -0.765. The molecule has 2 aromatic rings. The standard InChI is InChI=1S/C12H17N5O4S/c1-7-10(8(2)17(5)13-7)14-22(20,21)9-6-15(3)12(19)16(4)11(9)18/h6,14H,1-5H3. The number of hydrogen-bond donors (Lipinski definition) is 1.